The molecule has 3 aromatic rings. The fraction of sp³-hybridized carbons (Fsp3) is 0.432. The average molecular weight is 651 g/mol. The van der Waals surface area contributed by atoms with Crippen molar-refractivity contribution in [2.24, 2.45) is 5.41 Å². The zero-order valence-corrected chi connectivity index (χ0v) is 28.4. The number of amides is 3. The van der Waals surface area contributed by atoms with E-state index in [-0.39, 0.29) is 37.4 Å². The summed E-state index contributed by atoms with van der Waals surface area (Å²) in [7, 11) is 4.87. The molecule has 3 rings (SSSR count). The molecule has 47 heavy (non-hydrogen) atoms. The number of rotatable bonds is 15. The van der Waals surface area contributed by atoms with E-state index < -0.39 is 40.9 Å². The predicted octanol–water partition coefficient (Wildman–Crippen LogP) is 4.64. The van der Waals surface area contributed by atoms with Crippen molar-refractivity contribution in [1.82, 2.24) is 20.4 Å². The molecule has 2 atom stereocenters. The first-order valence-electron chi connectivity index (χ1n) is 15.8. The van der Waals surface area contributed by atoms with Gasteiger partial charge in [0.1, 0.15) is 12.1 Å². The Morgan fingerprint density at radius 2 is 1.47 bits per heavy atom. The number of aliphatic hydroxyl groups excluding tert-OH is 1. The summed E-state index contributed by atoms with van der Waals surface area (Å²) in [5.41, 5.74) is 0.267. The molecule has 0 spiro atoms. The SMILES string of the molecule is CNC(C)(C)C/C=C/C(=O)N(C)[C@H](Cc1ccc2ccccc2c1)C(=O)N(C)[C@H](Cc1ccc(F)c(F)c1)C(=O)NCC(C)(C)CO. The molecule has 0 saturated carbocycles. The van der Waals surface area contributed by atoms with Crippen molar-refractivity contribution in [3.63, 3.8) is 0 Å². The molecule has 3 aromatic carbocycles. The Balaban J connectivity index is 1.99. The van der Waals surface area contributed by atoms with Gasteiger partial charge in [0, 0.05) is 51.0 Å². The van der Waals surface area contributed by atoms with E-state index in [1.807, 2.05) is 63.4 Å². The highest BCUT2D eigenvalue weighted by atomic mass is 19.2. The molecule has 0 radical (unpaired) electrons. The number of hydrogen-bond donors (Lipinski definition) is 3. The molecule has 3 amide bonds. The van der Waals surface area contributed by atoms with Crippen molar-refractivity contribution in [1.29, 1.82) is 0 Å². The van der Waals surface area contributed by atoms with E-state index in [9.17, 15) is 28.3 Å². The Bertz CT molecular complexity index is 1590. The number of hydrogen-bond acceptors (Lipinski definition) is 5. The van der Waals surface area contributed by atoms with Crippen LogP contribution in [0.5, 0.6) is 0 Å². The van der Waals surface area contributed by atoms with Crippen LogP contribution in [0.1, 0.15) is 45.2 Å². The zero-order chi connectivity index (χ0) is 34.9. The Morgan fingerprint density at radius 1 is 0.851 bits per heavy atom. The number of halogens is 2. The second-order valence-electron chi connectivity index (χ2n) is 13.5. The summed E-state index contributed by atoms with van der Waals surface area (Å²) in [5.74, 6) is -3.49. The van der Waals surface area contributed by atoms with Gasteiger partial charge in [0.05, 0.1) is 0 Å². The van der Waals surface area contributed by atoms with Gasteiger partial charge in [-0.3, -0.25) is 14.4 Å². The van der Waals surface area contributed by atoms with E-state index in [0.29, 0.717) is 12.0 Å². The van der Waals surface area contributed by atoms with Gasteiger partial charge in [-0.05, 0) is 67.4 Å². The summed E-state index contributed by atoms with van der Waals surface area (Å²) in [6, 6.07) is 14.9. The maximum Gasteiger partial charge on any atom is 0.246 e. The molecule has 0 aliphatic rings. The van der Waals surface area contributed by atoms with Crippen LogP contribution in [0.15, 0.2) is 72.8 Å². The topological polar surface area (TPSA) is 102 Å². The third-order valence-electron chi connectivity index (χ3n) is 8.61. The minimum absolute atomic E-state index is 0.107. The number of aliphatic hydroxyl groups is 1. The first-order valence-corrected chi connectivity index (χ1v) is 15.8. The van der Waals surface area contributed by atoms with Gasteiger partial charge in [-0.15, -0.1) is 0 Å². The molecule has 254 valence electrons. The molecule has 0 fully saturated rings. The molecule has 3 N–H and O–H groups in total. The number of fused-ring (bicyclic) bond motifs is 1. The number of nitrogens with zero attached hydrogens (tertiary/aromatic N) is 2. The summed E-state index contributed by atoms with van der Waals surface area (Å²) >= 11 is 0. The zero-order valence-electron chi connectivity index (χ0n) is 28.4. The van der Waals surface area contributed by atoms with Crippen molar-refractivity contribution < 1.29 is 28.3 Å². The van der Waals surface area contributed by atoms with E-state index in [2.05, 4.69) is 10.6 Å². The number of nitrogens with one attached hydrogen (secondary N) is 2. The Hall–Kier alpha value is -4.15. The second-order valence-corrected chi connectivity index (χ2v) is 13.5. The van der Waals surface area contributed by atoms with Crippen LogP contribution in [0, 0.1) is 17.0 Å². The Morgan fingerprint density at radius 3 is 2.11 bits per heavy atom. The van der Waals surface area contributed by atoms with Crippen LogP contribution in [-0.2, 0) is 27.2 Å². The van der Waals surface area contributed by atoms with Gasteiger partial charge in [-0.2, -0.15) is 0 Å². The summed E-state index contributed by atoms with van der Waals surface area (Å²) in [6.45, 7) is 7.50. The summed E-state index contributed by atoms with van der Waals surface area (Å²) in [6.07, 6.45) is 3.85. The molecule has 8 nitrogen and oxygen atoms in total. The molecular weight excluding hydrogens is 602 g/mol. The summed E-state index contributed by atoms with van der Waals surface area (Å²) in [5, 5.41) is 17.7. The standard InChI is InChI=1S/C37H48F2N4O4/c1-36(2,24-44)23-41-34(46)31(21-26-15-17-29(38)30(39)20-26)43(7)35(47)32(42(6)33(45)13-10-18-37(3,4)40-5)22-25-14-16-27-11-8-9-12-28(27)19-25/h8-17,19-20,31-32,40,44H,18,21-24H2,1-7H3,(H,41,46)/b13-10+/t31-,32-/m1/s1. The van der Waals surface area contributed by atoms with Crippen molar-refractivity contribution in [3.8, 4) is 0 Å². The van der Waals surface area contributed by atoms with E-state index >= 15 is 0 Å². The van der Waals surface area contributed by atoms with Crippen LogP contribution in [0.2, 0.25) is 0 Å². The molecule has 0 aliphatic heterocycles. The lowest BCUT2D eigenvalue weighted by Gasteiger charge is -2.35. The monoisotopic (exact) mass is 650 g/mol. The minimum atomic E-state index is -1.13. The van der Waals surface area contributed by atoms with E-state index in [1.165, 1.54) is 29.0 Å². The molecule has 10 heteroatoms. The molecule has 0 saturated heterocycles. The molecule has 0 bridgehead atoms. The molecular formula is C37H48F2N4O4. The Kier molecular flexibility index (Phi) is 12.8. The quantitative estimate of drug-likeness (QED) is 0.208. The first kappa shape index (κ1) is 37.3. The maximum atomic E-state index is 14.4. The summed E-state index contributed by atoms with van der Waals surface area (Å²) < 4.78 is 27.9. The van der Waals surface area contributed by atoms with Crippen molar-refractivity contribution in [3.05, 3.63) is 95.6 Å². The Labute approximate surface area is 276 Å². The largest absolute Gasteiger partial charge is 0.396 e. The highest BCUT2D eigenvalue weighted by Crippen LogP contribution is 2.21. The lowest BCUT2D eigenvalue weighted by molar-refractivity contribution is -0.146. The van der Waals surface area contributed by atoms with Gasteiger partial charge >= 0.3 is 0 Å². The van der Waals surface area contributed by atoms with Crippen LogP contribution in [0.4, 0.5) is 8.78 Å². The smallest absolute Gasteiger partial charge is 0.246 e. The van der Waals surface area contributed by atoms with E-state index in [0.717, 1.165) is 28.5 Å². The molecule has 0 aliphatic carbocycles. The highest BCUT2D eigenvalue weighted by molar-refractivity contribution is 5.95. The van der Waals surface area contributed by atoms with Crippen molar-refractivity contribution >= 4 is 28.5 Å². The maximum absolute atomic E-state index is 14.4. The van der Waals surface area contributed by atoms with Crippen LogP contribution < -0.4 is 10.6 Å². The van der Waals surface area contributed by atoms with Crippen LogP contribution in [0.25, 0.3) is 10.8 Å². The van der Waals surface area contributed by atoms with Gasteiger partial charge in [0.25, 0.3) is 0 Å². The first-order chi connectivity index (χ1) is 22.1. The fourth-order valence-electron chi connectivity index (χ4n) is 4.99. The van der Waals surface area contributed by atoms with Gasteiger partial charge < -0.3 is 25.5 Å². The average Bonchev–Trinajstić information content (AvgIpc) is 3.05. The number of carbonyl (C=O) groups excluding carboxylic acids is 3. The summed E-state index contributed by atoms with van der Waals surface area (Å²) in [4.78, 5) is 44.2. The number of benzene rings is 3. The lowest BCUT2D eigenvalue weighted by atomic mass is 9.94. The predicted molar refractivity (Wildman–Crippen MR) is 182 cm³/mol. The van der Waals surface area contributed by atoms with E-state index in [1.54, 1.807) is 27.0 Å². The number of likely N-dealkylation sites (N-methyl/N-ethyl adjacent to an activating group) is 2. The van der Waals surface area contributed by atoms with Crippen LogP contribution in [-0.4, -0.2) is 84.5 Å². The normalized spacial score (nSPS) is 13.4. The van der Waals surface area contributed by atoms with Crippen molar-refractivity contribution in [2.75, 3.05) is 34.3 Å². The van der Waals surface area contributed by atoms with Gasteiger partial charge in [0.15, 0.2) is 11.6 Å². The molecule has 0 heterocycles. The highest BCUT2D eigenvalue weighted by Gasteiger charge is 2.35. The molecule has 0 unspecified atom stereocenters. The van der Waals surface area contributed by atoms with Gasteiger partial charge in [0.2, 0.25) is 17.7 Å². The third kappa shape index (κ3) is 10.4. The van der Waals surface area contributed by atoms with E-state index in [4.69, 9.17) is 0 Å². The van der Waals surface area contributed by atoms with Crippen LogP contribution in [0.3, 0.4) is 0 Å². The van der Waals surface area contributed by atoms with Crippen molar-refractivity contribution in [2.45, 2.75) is 64.6 Å². The second kappa shape index (κ2) is 16.1. The molecule has 0 aromatic heterocycles. The van der Waals surface area contributed by atoms with Crippen LogP contribution >= 0.6 is 0 Å². The minimum Gasteiger partial charge on any atom is -0.396 e. The lowest BCUT2D eigenvalue weighted by Crippen LogP contribution is -2.56. The fourth-order valence-corrected chi connectivity index (χ4v) is 4.99. The third-order valence-corrected chi connectivity index (χ3v) is 8.61. The van der Waals surface area contributed by atoms with Gasteiger partial charge in [-0.25, -0.2) is 8.78 Å². The number of carbonyl (C=O) groups is 3. The van der Waals surface area contributed by atoms with Gasteiger partial charge in [-0.1, -0.05) is 68.5 Å².